The summed E-state index contributed by atoms with van der Waals surface area (Å²) in [7, 11) is 0. The highest BCUT2D eigenvalue weighted by atomic mass is 16.5. The first-order valence-electron chi connectivity index (χ1n) is 13.7. The Balaban J connectivity index is 1.14. The zero-order chi connectivity index (χ0) is 26.5. The van der Waals surface area contributed by atoms with Crippen molar-refractivity contribution in [1.82, 2.24) is 10.2 Å². The average molecular weight is 516 g/mol. The largest absolute Gasteiger partial charge is 0.508 e. The van der Waals surface area contributed by atoms with Crippen LogP contribution in [0.2, 0.25) is 0 Å². The highest BCUT2D eigenvalue weighted by Gasteiger charge is 2.49. The van der Waals surface area contributed by atoms with E-state index < -0.39 is 0 Å². The maximum Gasteiger partial charge on any atom is 0.251 e. The van der Waals surface area contributed by atoms with Gasteiger partial charge in [-0.25, -0.2) is 0 Å². The van der Waals surface area contributed by atoms with E-state index in [2.05, 4.69) is 22.1 Å². The molecule has 7 nitrogen and oxygen atoms in total. The van der Waals surface area contributed by atoms with Crippen LogP contribution >= 0.6 is 0 Å². The van der Waals surface area contributed by atoms with E-state index in [1.54, 1.807) is 19.1 Å². The van der Waals surface area contributed by atoms with E-state index in [1.165, 1.54) is 0 Å². The number of phenolic OH excluding ortho intramolecular Hbond substituents is 1. The van der Waals surface area contributed by atoms with Crippen molar-refractivity contribution in [2.45, 2.75) is 51.0 Å². The molecule has 2 amide bonds. The summed E-state index contributed by atoms with van der Waals surface area (Å²) in [5.41, 5.74) is 2.84. The van der Waals surface area contributed by atoms with Gasteiger partial charge < -0.3 is 25.0 Å². The number of carbonyl (C=O) groups is 2. The van der Waals surface area contributed by atoms with Crippen LogP contribution in [0, 0.1) is 17.3 Å². The van der Waals surface area contributed by atoms with E-state index >= 15 is 0 Å². The SMILES string of the molecule is CC#C[C@@H](CC(=O)N1CCC2(CCC2NC(=O)c2ccc(N3CCOCC3)cc2)CC1)c1ccc(O)cc1. The lowest BCUT2D eigenvalue weighted by Gasteiger charge is -2.54. The predicted molar refractivity (Wildman–Crippen MR) is 147 cm³/mol. The lowest BCUT2D eigenvalue weighted by molar-refractivity contribution is -0.135. The van der Waals surface area contributed by atoms with Crippen LogP contribution in [0.5, 0.6) is 5.75 Å². The average Bonchev–Trinajstić information content (AvgIpc) is 2.96. The molecule has 2 aromatic carbocycles. The summed E-state index contributed by atoms with van der Waals surface area (Å²) in [6.07, 6.45) is 4.22. The Labute approximate surface area is 225 Å². The molecule has 0 radical (unpaired) electrons. The van der Waals surface area contributed by atoms with Gasteiger partial charge >= 0.3 is 0 Å². The number of rotatable bonds is 6. The van der Waals surface area contributed by atoms with Crippen LogP contribution < -0.4 is 10.2 Å². The molecule has 1 aliphatic carbocycles. The first-order valence-corrected chi connectivity index (χ1v) is 13.7. The number of carbonyl (C=O) groups excluding carboxylic acids is 2. The summed E-state index contributed by atoms with van der Waals surface area (Å²) in [5.74, 6) is 6.22. The van der Waals surface area contributed by atoms with Crippen molar-refractivity contribution in [3.63, 3.8) is 0 Å². The lowest BCUT2D eigenvalue weighted by atomic mass is 9.59. The van der Waals surface area contributed by atoms with Crippen LogP contribution in [0.15, 0.2) is 48.5 Å². The van der Waals surface area contributed by atoms with Gasteiger partial charge in [0, 0.05) is 49.9 Å². The molecular weight excluding hydrogens is 478 g/mol. The number of amides is 2. The summed E-state index contributed by atoms with van der Waals surface area (Å²) >= 11 is 0. The summed E-state index contributed by atoms with van der Waals surface area (Å²) in [6, 6.07) is 15.0. The molecule has 38 heavy (non-hydrogen) atoms. The molecular formula is C31H37N3O4. The molecule has 0 aromatic heterocycles. The molecule has 200 valence electrons. The third-order valence-corrected chi connectivity index (χ3v) is 8.59. The predicted octanol–water partition coefficient (Wildman–Crippen LogP) is 3.93. The van der Waals surface area contributed by atoms with Crippen molar-refractivity contribution in [3.8, 4) is 17.6 Å². The molecule has 3 aliphatic rings. The number of nitrogens with zero attached hydrogens (tertiary/aromatic N) is 2. The number of hydrogen-bond acceptors (Lipinski definition) is 5. The molecule has 2 aliphatic heterocycles. The number of likely N-dealkylation sites (tertiary alicyclic amines) is 1. The molecule has 5 rings (SSSR count). The monoisotopic (exact) mass is 515 g/mol. The first-order chi connectivity index (χ1) is 18.5. The van der Waals surface area contributed by atoms with Crippen LogP contribution in [0.1, 0.15) is 60.9 Å². The first kappa shape index (κ1) is 26.1. The number of piperidine rings is 1. The topological polar surface area (TPSA) is 82.1 Å². The minimum Gasteiger partial charge on any atom is -0.508 e. The maximum absolute atomic E-state index is 13.2. The van der Waals surface area contributed by atoms with E-state index in [9.17, 15) is 14.7 Å². The Bertz CT molecular complexity index is 1180. The number of phenols is 1. The Hall–Kier alpha value is -3.50. The minimum atomic E-state index is -0.186. The standard InChI is InChI=1S/C31H37N3O4/c1-2-3-25(23-6-10-27(35)11-7-23)22-29(36)34-16-14-31(15-17-34)13-12-28(31)32-30(37)24-4-8-26(9-5-24)33-18-20-38-21-19-33/h4-11,25,28,35H,12-22H2,1H3,(H,32,37)/t25-,28?/m0/s1. The maximum atomic E-state index is 13.2. The number of anilines is 1. The molecule has 2 aromatic rings. The van der Waals surface area contributed by atoms with Gasteiger partial charge in [0.1, 0.15) is 5.75 Å². The van der Waals surface area contributed by atoms with Gasteiger partial charge in [0.2, 0.25) is 5.91 Å². The smallest absolute Gasteiger partial charge is 0.251 e. The zero-order valence-electron chi connectivity index (χ0n) is 22.1. The molecule has 2 N–H and O–H groups in total. The van der Waals surface area contributed by atoms with Crippen LogP contribution in [0.4, 0.5) is 5.69 Å². The van der Waals surface area contributed by atoms with E-state index in [-0.39, 0.29) is 34.9 Å². The Morgan fingerprint density at radius 1 is 1.03 bits per heavy atom. The summed E-state index contributed by atoms with van der Waals surface area (Å²) in [5, 5.41) is 12.9. The van der Waals surface area contributed by atoms with Crippen molar-refractivity contribution < 1.29 is 19.4 Å². The van der Waals surface area contributed by atoms with E-state index in [4.69, 9.17) is 4.74 Å². The number of aromatic hydroxyl groups is 1. The van der Waals surface area contributed by atoms with E-state index in [0.29, 0.717) is 25.1 Å². The fourth-order valence-electron chi connectivity index (χ4n) is 6.05. The van der Waals surface area contributed by atoms with Gasteiger partial charge in [0.25, 0.3) is 5.91 Å². The van der Waals surface area contributed by atoms with E-state index in [1.807, 2.05) is 41.3 Å². The molecule has 7 heteroatoms. The van der Waals surface area contributed by atoms with Crippen LogP contribution in [-0.4, -0.2) is 67.3 Å². The molecule has 2 atom stereocenters. The molecule has 2 saturated heterocycles. The van der Waals surface area contributed by atoms with Crippen molar-refractivity contribution in [1.29, 1.82) is 0 Å². The van der Waals surface area contributed by atoms with Crippen molar-refractivity contribution in [2.75, 3.05) is 44.3 Å². The van der Waals surface area contributed by atoms with Crippen molar-refractivity contribution in [3.05, 3.63) is 59.7 Å². The second kappa shape index (κ2) is 11.5. The molecule has 3 fully saturated rings. The summed E-state index contributed by atoms with van der Waals surface area (Å²) in [6.45, 7) is 6.43. The number of benzene rings is 2. The van der Waals surface area contributed by atoms with Crippen LogP contribution in [0.3, 0.4) is 0 Å². The third kappa shape index (κ3) is 5.66. The Kier molecular flexibility index (Phi) is 7.90. The van der Waals surface area contributed by atoms with Gasteiger partial charge in [-0.3, -0.25) is 9.59 Å². The second-order valence-corrected chi connectivity index (χ2v) is 10.7. The zero-order valence-corrected chi connectivity index (χ0v) is 22.1. The van der Waals surface area contributed by atoms with Crippen LogP contribution in [-0.2, 0) is 9.53 Å². The Morgan fingerprint density at radius 2 is 1.71 bits per heavy atom. The summed E-state index contributed by atoms with van der Waals surface area (Å²) < 4.78 is 5.43. The Morgan fingerprint density at radius 3 is 2.32 bits per heavy atom. The quantitative estimate of drug-likeness (QED) is 0.570. The van der Waals surface area contributed by atoms with Gasteiger partial charge in [-0.1, -0.05) is 18.1 Å². The molecule has 1 spiro atoms. The van der Waals surface area contributed by atoms with Gasteiger partial charge in [-0.05, 0) is 80.0 Å². The number of nitrogens with one attached hydrogen (secondary N) is 1. The van der Waals surface area contributed by atoms with Crippen LogP contribution in [0.25, 0.3) is 0 Å². The molecule has 1 unspecified atom stereocenters. The highest BCUT2D eigenvalue weighted by molar-refractivity contribution is 5.94. The molecule has 0 bridgehead atoms. The van der Waals surface area contributed by atoms with Crippen molar-refractivity contribution in [2.24, 2.45) is 5.41 Å². The normalized spacial score (nSPS) is 21.1. The second-order valence-electron chi connectivity index (χ2n) is 10.7. The number of hydrogen-bond donors (Lipinski definition) is 2. The molecule has 1 saturated carbocycles. The fraction of sp³-hybridized carbons (Fsp3) is 0.484. The van der Waals surface area contributed by atoms with Gasteiger partial charge in [0.05, 0.1) is 19.1 Å². The minimum absolute atomic E-state index is 0.0176. The number of morpholine rings is 1. The van der Waals surface area contributed by atoms with E-state index in [0.717, 1.165) is 63.2 Å². The fourth-order valence-corrected chi connectivity index (χ4v) is 6.05. The molecule has 2 heterocycles. The van der Waals surface area contributed by atoms with Gasteiger partial charge in [-0.15, -0.1) is 5.92 Å². The lowest BCUT2D eigenvalue weighted by Crippen LogP contribution is -2.59. The van der Waals surface area contributed by atoms with Gasteiger partial charge in [0.15, 0.2) is 0 Å². The number of ether oxygens (including phenoxy) is 1. The van der Waals surface area contributed by atoms with Gasteiger partial charge in [-0.2, -0.15) is 0 Å². The summed E-state index contributed by atoms with van der Waals surface area (Å²) in [4.78, 5) is 30.4. The third-order valence-electron chi connectivity index (χ3n) is 8.59. The van der Waals surface area contributed by atoms with Crippen molar-refractivity contribution >= 4 is 17.5 Å². The highest BCUT2D eigenvalue weighted by Crippen LogP contribution is 2.49.